The number of nitrogens with zero attached hydrogens (tertiary/aromatic N) is 2. The Bertz CT molecular complexity index is 986. The second kappa shape index (κ2) is 14.7. The van der Waals surface area contributed by atoms with Gasteiger partial charge >= 0.3 is 12.2 Å². The average Bonchev–Trinajstić information content (AvgIpc) is 3.29. The number of ketones is 1. The molecule has 2 aromatic rings. The topological polar surface area (TPSA) is 96.4 Å². The van der Waals surface area contributed by atoms with Gasteiger partial charge in [0.05, 0.1) is 0 Å². The minimum atomic E-state index is -0.952. The first-order valence-corrected chi connectivity index (χ1v) is 12.3. The second-order valence-electron chi connectivity index (χ2n) is 8.62. The van der Waals surface area contributed by atoms with Crippen molar-refractivity contribution in [3.05, 3.63) is 83.9 Å². The number of aliphatic hydroxyl groups is 1. The fraction of sp³-hybridized carbons (Fsp3) is 0.393. The van der Waals surface area contributed by atoms with Crippen molar-refractivity contribution < 1.29 is 29.0 Å². The molecule has 36 heavy (non-hydrogen) atoms. The first-order chi connectivity index (χ1) is 17.5. The predicted octanol–water partition coefficient (Wildman–Crippen LogP) is 4.32. The maximum Gasteiger partial charge on any atom is 0.410 e. The molecule has 0 saturated carbocycles. The summed E-state index contributed by atoms with van der Waals surface area (Å²) in [6.07, 6.45) is 4.92. The fourth-order valence-electron chi connectivity index (χ4n) is 3.76. The first kappa shape index (κ1) is 26.9. The number of hydrogen-bond donors (Lipinski definition) is 1. The Morgan fingerprint density at radius 2 is 1.22 bits per heavy atom. The van der Waals surface area contributed by atoms with Gasteiger partial charge < -0.3 is 24.4 Å². The SMILES string of the molecule is O=C(OCc1ccccc1)N1CCC=CCC1.O=C1CCN(C(=O)OCc2ccccc2)CCC1O. The van der Waals surface area contributed by atoms with E-state index in [2.05, 4.69) is 12.2 Å². The van der Waals surface area contributed by atoms with Crippen LogP contribution in [0.2, 0.25) is 0 Å². The second-order valence-corrected chi connectivity index (χ2v) is 8.62. The van der Waals surface area contributed by atoms with Crippen molar-refractivity contribution in [2.24, 2.45) is 0 Å². The summed E-state index contributed by atoms with van der Waals surface area (Å²) in [6.45, 7) is 2.73. The summed E-state index contributed by atoms with van der Waals surface area (Å²) in [7, 11) is 0. The van der Waals surface area contributed by atoms with Crippen LogP contribution in [0.5, 0.6) is 0 Å². The van der Waals surface area contributed by atoms with Gasteiger partial charge in [-0.2, -0.15) is 0 Å². The Balaban J connectivity index is 0.000000202. The average molecular weight is 495 g/mol. The molecule has 0 aliphatic carbocycles. The number of carbonyl (C=O) groups is 3. The highest BCUT2D eigenvalue weighted by atomic mass is 16.6. The third-order valence-corrected chi connectivity index (χ3v) is 5.90. The molecule has 1 saturated heterocycles. The lowest BCUT2D eigenvalue weighted by Crippen LogP contribution is -2.32. The van der Waals surface area contributed by atoms with Crippen LogP contribution in [0, 0.1) is 0 Å². The predicted molar refractivity (Wildman–Crippen MR) is 135 cm³/mol. The molecule has 2 heterocycles. The number of likely N-dealkylation sites (tertiary alicyclic amines) is 1. The third kappa shape index (κ3) is 9.19. The molecular formula is C28H34N2O6. The van der Waals surface area contributed by atoms with Crippen LogP contribution in [0.4, 0.5) is 9.59 Å². The van der Waals surface area contributed by atoms with E-state index in [1.54, 1.807) is 4.90 Å². The zero-order valence-corrected chi connectivity index (χ0v) is 20.5. The molecule has 2 aliphatic rings. The minimum absolute atomic E-state index is 0.182. The maximum absolute atomic E-state index is 11.8. The van der Waals surface area contributed by atoms with Gasteiger partial charge in [0.2, 0.25) is 0 Å². The highest BCUT2D eigenvalue weighted by Crippen LogP contribution is 2.11. The van der Waals surface area contributed by atoms with Crippen LogP contribution in [-0.4, -0.2) is 65.2 Å². The standard InChI is InChI=1S/C14H17NO4.C14H17NO2/c16-12-6-8-15(9-7-13(12)17)14(18)19-10-11-4-2-1-3-5-11;16-14(15-10-6-1-2-7-11-15)17-12-13-8-4-3-5-9-13/h1-5,12,16H,6-10H2;1-5,8-9H,6-7,10-12H2. The lowest BCUT2D eigenvalue weighted by atomic mass is 10.1. The van der Waals surface area contributed by atoms with E-state index in [1.165, 1.54) is 4.90 Å². The van der Waals surface area contributed by atoms with Crippen molar-refractivity contribution in [3.63, 3.8) is 0 Å². The van der Waals surface area contributed by atoms with Crippen molar-refractivity contribution >= 4 is 18.0 Å². The highest BCUT2D eigenvalue weighted by Gasteiger charge is 2.25. The summed E-state index contributed by atoms with van der Waals surface area (Å²) in [4.78, 5) is 38.2. The fourth-order valence-corrected chi connectivity index (χ4v) is 3.76. The molecule has 0 radical (unpaired) electrons. The van der Waals surface area contributed by atoms with Crippen LogP contribution in [0.1, 0.15) is 36.8 Å². The molecule has 1 fully saturated rings. The monoisotopic (exact) mass is 494 g/mol. The van der Waals surface area contributed by atoms with Crippen LogP contribution < -0.4 is 0 Å². The van der Waals surface area contributed by atoms with E-state index in [9.17, 15) is 19.5 Å². The van der Waals surface area contributed by atoms with E-state index in [0.717, 1.165) is 37.1 Å². The quantitative estimate of drug-likeness (QED) is 0.636. The van der Waals surface area contributed by atoms with Crippen LogP contribution >= 0.6 is 0 Å². The molecule has 0 spiro atoms. The van der Waals surface area contributed by atoms with Gasteiger partial charge in [0.1, 0.15) is 19.3 Å². The third-order valence-electron chi connectivity index (χ3n) is 5.90. The lowest BCUT2D eigenvalue weighted by Gasteiger charge is -2.19. The van der Waals surface area contributed by atoms with Crippen molar-refractivity contribution in [2.45, 2.75) is 45.0 Å². The number of hydrogen-bond acceptors (Lipinski definition) is 6. The smallest absolute Gasteiger partial charge is 0.410 e. The molecule has 1 N–H and O–H groups in total. The summed E-state index contributed by atoms with van der Waals surface area (Å²) in [6, 6.07) is 19.2. The molecule has 192 valence electrons. The van der Waals surface area contributed by atoms with Crippen molar-refractivity contribution in [1.29, 1.82) is 0 Å². The van der Waals surface area contributed by atoms with Crippen molar-refractivity contribution in [2.75, 3.05) is 26.2 Å². The molecule has 2 aliphatic heterocycles. The number of benzene rings is 2. The number of amides is 2. The maximum atomic E-state index is 11.8. The zero-order chi connectivity index (χ0) is 25.6. The molecule has 8 heteroatoms. The summed E-state index contributed by atoms with van der Waals surface area (Å²) in [5, 5.41) is 9.44. The van der Waals surface area contributed by atoms with Crippen LogP contribution in [-0.2, 0) is 27.5 Å². The van der Waals surface area contributed by atoms with E-state index in [-0.39, 0.29) is 31.3 Å². The van der Waals surface area contributed by atoms with Gasteiger partial charge in [-0.05, 0) is 30.4 Å². The van der Waals surface area contributed by atoms with Gasteiger partial charge in [0.25, 0.3) is 0 Å². The molecule has 2 aromatic carbocycles. The summed E-state index contributed by atoms with van der Waals surface area (Å²) < 4.78 is 10.5. The molecule has 2 amide bonds. The van der Waals surface area contributed by atoms with E-state index >= 15 is 0 Å². The van der Waals surface area contributed by atoms with E-state index in [4.69, 9.17) is 9.47 Å². The van der Waals surface area contributed by atoms with Gasteiger partial charge in [-0.1, -0.05) is 72.8 Å². The van der Waals surface area contributed by atoms with Crippen molar-refractivity contribution in [3.8, 4) is 0 Å². The van der Waals surface area contributed by atoms with Gasteiger partial charge in [-0.25, -0.2) is 9.59 Å². The van der Waals surface area contributed by atoms with E-state index in [1.807, 2.05) is 60.7 Å². The zero-order valence-electron chi connectivity index (χ0n) is 20.5. The molecule has 4 rings (SSSR count). The molecule has 0 aromatic heterocycles. The lowest BCUT2D eigenvalue weighted by molar-refractivity contribution is -0.126. The highest BCUT2D eigenvalue weighted by molar-refractivity contribution is 5.84. The summed E-state index contributed by atoms with van der Waals surface area (Å²) in [5.74, 6) is -0.210. The van der Waals surface area contributed by atoms with Crippen LogP contribution in [0.15, 0.2) is 72.8 Å². The Morgan fingerprint density at radius 1 is 0.750 bits per heavy atom. The number of aliphatic hydroxyl groups excluding tert-OH is 1. The Labute approximate surface area is 212 Å². The van der Waals surface area contributed by atoms with Crippen LogP contribution in [0.3, 0.4) is 0 Å². The number of carbonyl (C=O) groups excluding carboxylic acids is 3. The van der Waals surface area contributed by atoms with Gasteiger partial charge in [0.15, 0.2) is 5.78 Å². The Kier molecular flexibility index (Phi) is 11.0. The molecule has 1 unspecified atom stereocenters. The van der Waals surface area contributed by atoms with Crippen LogP contribution in [0.25, 0.3) is 0 Å². The van der Waals surface area contributed by atoms with Crippen molar-refractivity contribution in [1.82, 2.24) is 9.80 Å². The van der Waals surface area contributed by atoms with Gasteiger partial charge in [-0.15, -0.1) is 0 Å². The largest absolute Gasteiger partial charge is 0.445 e. The molecule has 8 nitrogen and oxygen atoms in total. The number of ether oxygens (including phenoxy) is 2. The summed E-state index contributed by atoms with van der Waals surface area (Å²) in [5.41, 5.74) is 1.94. The number of Topliss-reactive ketones (excluding diaryl/α,β-unsaturated/α-hetero) is 1. The molecule has 1 atom stereocenters. The summed E-state index contributed by atoms with van der Waals surface area (Å²) >= 11 is 0. The van der Waals surface area contributed by atoms with Gasteiger partial charge in [0, 0.05) is 32.6 Å². The Hall–Kier alpha value is -3.65. The Morgan fingerprint density at radius 3 is 1.72 bits per heavy atom. The first-order valence-electron chi connectivity index (χ1n) is 12.3. The number of rotatable bonds is 4. The normalized spacial score (nSPS) is 17.8. The van der Waals surface area contributed by atoms with E-state index < -0.39 is 12.2 Å². The van der Waals surface area contributed by atoms with E-state index in [0.29, 0.717) is 19.7 Å². The molecular weight excluding hydrogens is 460 g/mol. The minimum Gasteiger partial charge on any atom is -0.445 e. The molecule has 0 bridgehead atoms. The van der Waals surface area contributed by atoms with Gasteiger partial charge in [-0.3, -0.25) is 4.79 Å².